The van der Waals surface area contributed by atoms with Gasteiger partial charge in [0.15, 0.2) is 0 Å². The van der Waals surface area contributed by atoms with Crippen molar-refractivity contribution in [2.45, 2.75) is 20.3 Å². The number of esters is 1. The molecule has 0 atom stereocenters. The van der Waals surface area contributed by atoms with Crippen molar-refractivity contribution in [2.24, 2.45) is 0 Å². The van der Waals surface area contributed by atoms with Crippen molar-refractivity contribution in [1.29, 1.82) is 0 Å². The minimum atomic E-state index is -0.282. The zero-order valence-corrected chi connectivity index (χ0v) is 6.55. The lowest BCUT2D eigenvalue weighted by Gasteiger charge is -2.01. The third-order valence-corrected chi connectivity index (χ3v) is 0.874. The fourth-order valence-electron chi connectivity index (χ4n) is 0.502. The maximum Gasteiger partial charge on any atom is 0.332 e. The van der Waals surface area contributed by atoms with E-state index in [4.69, 9.17) is 4.74 Å². The Kier molecular flexibility index (Phi) is 6.18. The van der Waals surface area contributed by atoms with Crippen LogP contribution in [0.25, 0.3) is 0 Å². The predicted octanol–water partition coefficient (Wildman–Crippen LogP) is 0.976. The van der Waals surface area contributed by atoms with Crippen LogP contribution in [0.2, 0.25) is 0 Å². The lowest BCUT2D eigenvalue weighted by atomic mass is 10.5. The van der Waals surface area contributed by atoms with E-state index >= 15 is 0 Å². The Morgan fingerprint density at radius 3 is 2.60 bits per heavy atom. The maximum absolute atomic E-state index is 10.6. The van der Waals surface area contributed by atoms with E-state index in [0.29, 0.717) is 13.2 Å². The van der Waals surface area contributed by atoms with Gasteiger partial charge in [0.25, 0.3) is 0 Å². The number of hydrogen-bond acceptors (Lipinski definition) is 3. The molecule has 0 saturated carbocycles. The molecule has 0 fully saturated rings. The van der Waals surface area contributed by atoms with Gasteiger partial charge in [-0.3, -0.25) is 0 Å². The second kappa shape index (κ2) is 6.55. The van der Waals surface area contributed by atoms with Crippen LogP contribution in [0.15, 0.2) is 0 Å². The minimum absolute atomic E-state index is 0.0850. The van der Waals surface area contributed by atoms with Crippen molar-refractivity contribution in [3.63, 3.8) is 0 Å². The van der Waals surface area contributed by atoms with E-state index in [-0.39, 0.29) is 12.6 Å². The molecule has 0 saturated heterocycles. The van der Waals surface area contributed by atoms with Crippen molar-refractivity contribution in [2.75, 3.05) is 19.8 Å². The average Bonchev–Trinajstić information content (AvgIpc) is 1.89. The SMILES string of the molecule is CCCOCC(=O)OCC. The van der Waals surface area contributed by atoms with Crippen molar-refractivity contribution in [3.05, 3.63) is 0 Å². The molecule has 0 aliphatic carbocycles. The van der Waals surface area contributed by atoms with Gasteiger partial charge < -0.3 is 9.47 Å². The molecule has 0 spiro atoms. The largest absolute Gasteiger partial charge is 0.464 e. The third kappa shape index (κ3) is 5.56. The molecule has 0 amide bonds. The Labute approximate surface area is 61.3 Å². The first-order valence-corrected chi connectivity index (χ1v) is 3.54. The summed E-state index contributed by atoms with van der Waals surface area (Å²) in [6, 6.07) is 0. The van der Waals surface area contributed by atoms with E-state index in [1.807, 2.05) is 6.92 Å². The van der Waals surface area contributed by atoms with Crippen LogP contribution in [0, 0.1) is 0 Å². The summed E-state index contributed by atoms with van der Waals surface area (Å²) in [6.45, 7) is 4.90. The minimum Gasteiger partial charge on any atom is -0.464 e. The summed E-state index contributed by atoms with van der Waals surface area (Å²) < 4.78 is 9.55. The smallest absolute Gasteiger partial charge is 0.332 e. The fraction of sp³-hybridized carbons (Fsp3) is 0.857. The number of hydrogen-bond donors (Lipinski definition) is 0. The standard InChI is InChI=1S/C7H14O3/c1-3-5-9-6-7(8)10-4-2/h3-6H2,1-2H3. The molecule has 0 N–H and O–H groups in total. The van der Waals surface area contributed by atoms with Gasteiger partial charge in [-0.05, 0) is 13.3 Å². The van der Waals surface area contributed by atoms with Crippen molar-refractivity contribution < 1.29 is 14.3 Å². The number of carbonyl (C=O) groups excluding carboxylic acids is 1. The summed E-state index contributed by atoms with van der Waals surface area (Å²) in [5, 5.41) is 0. The van der Waals surface area contributed by atoms with Gasteiger partial charge in [0.1, 0.15) is 6.61 Å². The van der Waals surface area contributed by atoms with Gasteiger partial charge in [-0.2, -0.15) is 0 Å². The second-order valence-corrected chi connectivity index (χ2v) is 1.86. The highest BCUT2D eigenvalue weighted by atomic mass is 16.6. The molecule has 0 heterocycles. The van der Waals surface area contributed by atoms with Crippen LogP contribution in [0.4, 0.5) is 0 Å². The summed E-state index contributed by atoms with van der Waals surface area (Å²) in [7, 11) is 0. The molecule has 0 bridgehead atoms. The van der Waals surface area contributed by atoms with Crippen LogP contribution in [0.1, 0.15) is 20.3 Å². The molecule has 3 nitrogen and oxygen atoms in total. The summed E-state index contributed by atoms with van der Waals surface area (Å²) in [6.07, 6.45) is 0.930. The highest BCUT2D eigenvalue weighted by Crippen LogP contribution is 1.83. The molecule has 0 rings (SSSR count). The van der Waals surface area contributed by atoms with Crippen molar-refractivity contribution in [3.8, 4) is 0 Å². The number of ether oxygens (including phenoxy) is 2. The van der Waals surface area contributed by atoms with Gasteiger partial charge in [-0.1, -0.05) is 6.92 Å². The van der Waals surface area contributed by atoms with E-state index in [1.54, 1.807) is 6.92 Å². The normalized spacial score (nSPS) is 9.40. The Hall–Kier alpha value is -0.570. The highest BCUT2D eigenvalue weighted by molar-refractivity contribution is 5.70. The lowest BCUT2D eigenvalue weighted by molar-refractivity contribution is -0.148. The predicted molar refractivity (Wildman–Crippen MR) is 37.7 cm³/mol. The van der Waals surface area contributed by atoms with E-state index in [1.165, 1.54) is 0 Å². The van der Waals surface area contributed by atoms with Gasteiger partial charge in [-0.25, -0.2) is 4.79 Å². The molecule has 0 aliphatic rings. The monoisotopic (exact) mass is 146 g/mol. The molecular formula is C7H14O3. The molecule has 0 aromatic rings. The van der Waals surface area contributed by atoms with Gasteiger partial charge in [-0.15, -0.1) is 0 Å². The Morgan fingerprint density at radius 1 is 1.40 bits per heavy atom. The zero-order chi connectivity index (χ0) is 7.82. The van der Waals surface area contributed by atoms with Crippen LogP contribution >= 0.6 is 0 Å². The van der Waals surface area contributed by atoms with E-state index in [0.717, 1.165) is 6.42 Å². The third-order valence-electron chi connectivity index (χ3n) is 0.874. The topological polar surface area (TPSA) is 35.5 Å². The molecule has 3 heteroatoms. The van der Waals surface area contributed by atoms with E-state index in [9.17, 15) is 4.79 Å². The van der Waals surface area contributed by atoms with E-state index in [2.05, 4.69) is 4.74 Å². The summed E-state index contributed by atoms with van der Waals surface area (Å²) in [5.41, 5.74) is 0. The molecular weight excluding hydrogens is 132 g/mol. The van der Waals surface area contributed by atoms with Crippen LogP contribution < -0.4 is 0 Å². The molecule has 0 unspecified atom stereocenters. The van der Waals surface area contributed by atoms with Crippen LogP contribution in [-0.4, -0.2) is 25.8 Å². The number of carbonyl (C=O) groups is 1. The van der Waals surface area contributed by atoms with Crippen molar-refractivity contribution in [1.82, 2.24) is 0 Å². The van der Waals surface area contributed by atoms with Crippen LogP contribution in [0.3, 0.4) is 0 Å². The lowest BCUT2D eigenvalue weighted by Crippen LogP contribution is -2.12. The Balaban J connectivity index is 3.05. The average molecular weight is 146 g/mol. The van der Waals surface area contributed by atoms with Crippen LogP contribution in [-0.2, 0) is 14.3 Å². The zero-order valence-electron chi connectivity index (χ0n) is 6.55. The maximum atomic E-state index is 10.6. The number of rotatable bonds is 5. The quantitative estimate of drug-likeness (QED) is 0.428. The first-order valence-electron chi connectivity index (χ1n) is 3.54. The molecule has 0 aromatic carbocycles. The summed E-state index contributed by atoms with van der Waals surface area (Å²) in [5.74, 6) is -0.282. The second-order valence-electron chi connectivity index (χ2n) is 1.86. The molecule has 0 radical (unpaired) electrons. The fourth-order valence-corrected chi connectivity index (χ4v) is 0.502. The van der Waals surface area contributed by atoms with Crippen molar-refractivity contribution >= 4 is 5.97 Å². The molecule has 60 valence electrons. The van der Waals surface area contributed by atoms with E-state index < -0.39 is 0 Å². The summed E-state index contributed by atoms with van der Waals surface area (Å²) >= 11 is 0. The highest BCUT2D eigenvalue weighted by Gasteiger charge is 1.98. The Morgan fingerprint density at radius 2 is 2.10 bits per heavy atom. The molecule has 0 aliphatic heterocycles. The van der Waals surface area contributed by atoms with Gasteiger partial charge in [0.2, 0.25) is 0 Å². The first-order chi connectivity index (χ1) is 4.81. The van der Waals surface area contributed by atoms with Gasteiger partial charge >= 0.3 is 5.97 Å². The summed E-state index contributed by atoms with van der Waals surface area (Å²) in [4.78, 5) is 10.6. The van der Waals surface area contributed by atoms with Gasteiger partial charge in [0.05, 0.1) is 6.61 Å². The first kappa shape index (κ1) is 9.43. The Bertz CT molecular complexity index is 90.9. The molecule has 10 heavy (non-hydrogen) atoms. The van der Waals surface area contributed by atoms with Gasteiger partial charge in [0, 0.05) is 6.61 Å². The molecule has 0 aromatic heterocycles. The van der Waals surface area contributed by atoms with Crippen LogP contribution in [0.5, 0.6) is 0 Å².